The van der Waals surface area contributed by atoms with Gasteiger partial charge in [-0.15, -0.1) is 0 Å². The zero-order valence-corrected chi connectivity index (χ0v) is 15.4. The van der Waals surface area contributed by atoms with Gasteiger partial charge in [0.1, 0.15) is 0 Å². The molecular formula is C20H31N3O2. The van der Waals surface area contributed by atoms with Gasteiger partial charge in [0.05, 0.1) is 19.3 Å². The van der Waals surface area contributed by atoms with Gasteiger partial charge in [0.25, 0.3) is 0 Å². The molecule has 0 aliphatic carbocycles. The molecule has 0 spiro atoms. The van der Waals surface area contributed by atoms with Crippen LogP contribution in [0.2, 0.25) is 0 Å². The molecule has 1 N–H and O–H groups in total. The summed E-state index contributed by atoms with van der Waals surface area (Å²) < 4.78 is 5.41. The molecule has 2 saturated heterocycles. The molecule has 0 bridgehead atoms. The summed E-state index contributed by atoms with van der Waals surface area (Å²) in [6.45, 7) is 7.31. The average molecular weight is 345 g/mol. The number of carbonyl (C=O) groups is 1. The van der Waals surface area contributed by atoms with Crippen molar-refractivity contribution in [2.45, 2.75) is 45.1 Å². The Kier molecular flexibility index (Phi) is 6.56. The van der Waals surface area contributed by atoms with E-state index < -0.39 is 0 Å². The second-order valence-electron chi connectivity index (χ2n) is 7.12. The molecule has 2 heterocycles. The molecule has 25 heavy (non-hydrogen) atoms. The number of nitrogens with one attached hydrogen (secondary N) is 1. The predicted octanol–water partition coefficient (Wildman–Crippen LogP) is 3.56. The van der Waals surface area contributed by atoms with Crippen molar-refractivity contribution in [2.24, 2.45) is 0 Å². The van der Waals surface area contributed by atoms with Gasteiger partial charge in [0, 0.05) is 31.9 Å². The van der Waals surface area contributed by atoms with Crippen molar-refractivity contribution in [2.75, 3.05) is 44.3 Å². The minimum absolute atomic E-state index is 0.0247. The monoisotopic (exact) mass is 345 g/mol. The van der Waals surface area contributed by atoms with Crippen molar-refractivity contribution in [1.29, 1.82) is 0 Å². The lowest BCUT2D eigenvalue weighted by atomic mass is 10.1. The Morgan fingerprint density at radius 3 is 2.20 bits per heavy atom. The van der Waals surface area contributed by atoms with Gasteiger partial charge in [-0.05, 0) is 37.5 Å². The van der Waals surface area contributed by atoms with Crippen LogP contribution in [-0.4, -0.2) is 50.3 Å². The number of urea groups is 1. The average Bonchev–Trinajstić information content (AvgIpc) is 2.62. The molecule has 0 aromatic heterocycles. The molecule has 5 nitrogen and oxygen atoms in total. The molecule has 1 unspecified atom stereocenters. The van der Waals surface area contributed by atoms with Crippen LogP contribution in [0.25, 0.3) is 0 Å². The molecular weight excluding hydrogens is 314 g/mol. The van der Waals surface area contributed by atoms with Gasteiger partial charge in [-0.3, -0.25) is 0 Å². The first kappa shape index (κ1) is 18.1. The van der Waals surface area contributed by atoms with Crippen LogP contribution in [0.1, 0.15) is 50.6 Å². The number of morpholine rings is 1. The van der Waals surface area contributed by atoms with E-state index in [1.54, 1.807) is 0 Å². The van der Waals surface area contributed by atoms with Gasteiger partial charge < -0.3 is 19.9 Å². The van der Waals surface area contributed by atoms with Crippen LogP contribution < -0.4 is 10.2 Å². The Bertz CT molecular complexity index is 532. The zero-order valence-electron chi connectivity index (χ0n) is 15.4. The largest absolute Gasteiger partial charge is 0.378 e. The summed E-state index contributed by atoms with van der Waals surface area (Å²) in [5.41, 5.74) is 2.38. The van der Waals surface area contributed by atoms with Crippen molar-refractivity contribution in [1.82, 2.24) is 10.2 Å². The molecule has 1 aromatic rings. The Labute approximate surface area is 151 Å². The lowest BCUT2D eigenvalue weighted by Gasteiger charge is -2.29. The van der Waals surface area contributed by atoms with Gasteiger partial charge in [0.2, 0.25) is 0 Å². The van der Waals surface area contributed by atoms with Gasteiger partial charge >= 0.3 is 6.03 Å². The van der Waals surface area contributed by atoms with Crippen molar-refractivity contribution in [3.63, 3.8) is 0 Å². The van der Waals surface area contributed by atoms with E-state index >= 15 is 0 Å². The number of likely N-dealkylation sites (tertiary alicyclic amines) is 1. The third-order valence-corrected chi connectivity index (χ3v) is 5.25. The Balaban J connectivity index is 1.54. The number of ether oxygens (including phenoxy) is 1. The lowest BCUT2D eigenvalue weighted by Crippen LogP contribution is -2.42. The van der Waals surface area contributed by atoms with Crippen molar-refractivity contribution in [3.05, 3.63) is 29.8 Å². The number of carbonyl (C=O) groups excluding carboxylic acids is 1. The molecule has 2 aliphatic heterocycles. The molecule has 1 aromatic carbocycles. The zero-order chi connectivity index (χ0) is 17.5. The highest BCUT2D eigenvalue weighted by atomic mass is 16.5. The Morgan fingerprint density at radius 2 is 1.56 bits per heavy atom. The van der Waals surface area contributed by atoms with Crippen LogP contribution >= 0.6 is 0 Å². The fourth-order valence-electron chi connectivity index (χ4n) is 3.61. The number of hydrogen-bond donors (Lipinski definition) is 1. The van der Waals surface area contributed by atoms with Gasteiger partial charge in [0.15, 0.2) is 0 Å². The third kappa shape index (κ3) is 5.11. The number of amides is 2. The molecule has 0 radical (unpaired) electrons. The van der Waals surface area contributed by atoms with Gasteiger partial charge in [-0.1, -0.05) is 31.4 Å². The minimum Gasteiger partial charge on any atom is -0.378 e. The van der Waals surface area contributed by atoms with Crippen molar-refractivity contribution >= 4 is 11.7 Å². The van der Waals surface area contributed by atoms with E-state index in [4.69, 9.17) is 4.74 Å². The first-order chi connectivity index (χ1) is 12.2. The Morgan fingerprint density at radius 1 is 0.960 bits per heavy atom. The van der Waals surface area contributed by atoms with Crippen LogP contribution in [0.15, 0.2) is 24.3 Å². The molecule has 3 rings (SSSR count). The van der Waals surface area contributed by atoms with Crippen LogP contribution in [0.5, 0.6) is 0 Å². The fourth-order valence-corrected chi connectivity index (χ4v) is 3.61. The van der Waals surface area contributed by atoms with E-state index in [1.165, 1.54) is 24.9 Å². The summed E-state index contributed by atoms with van der Waals surface area (Å²) >= 11 is 0. The highest BCUT2D eigenvalue weighted by Gasteiger charge is 2.18. The van der Waals surface area contributed by atoms with E-state index in [0.717, 1.165) is 57.8 Å². The lowest BCUT2D eigenvalue weighted by molar-refractivity contribution is 0.122. The van der Waals surface area contributed by atoms with Crippen molar-refractivity contribution < 1.29 is 9.53 Å². The van der Waals surface area contributed by atoms with Crippen LogP contribution in [-0.2, 0) is 4.74 Å². The smallest absolute Gasteiger partial charge is 0.317 e. The van der Waals surface area contributed by atoms with E-state index in [9.17, 15) is 4.79 Å². The number of anilines is 1. The number of hydrogen-bond acceptors (Lipinski definition) is 3. The molecule has 1 atom stereocenters. The molecule has 2 fully saturated rings. The maximum Gasteiger partial charge on any atom is 0.317 e. The van der Waals surface area contributed by atoms with Crippen molar-refractivity contribution in [3.8, 4) is 0 Å². The topological polar surface area (TPSA) is 44.8 Å². The molecule has 2 aliphatic rings. The first-order valence-corrected chi connectivity index (χ1v) is 9.72. The molecule has 2 amide bonds. The summed E-state index contributed by atoms with van der Waals surface area (Å²) in [6.07, 6.45) is 6.03. The standard InChI is InChI=1S/C20H31N3O2/c1-17(21-20(24)23-11-5-3-2-4-6-12-23)18-7-9-19(10-8-18)22-13-15-25-16-14-22/h7-10,17H,2-6,11-16H2,1H3,(H,21,24). The summed E-state index contributed by atoms with van der Waals surface area (Å²) in [7, 11) is 0. The maximum absolute atomic E-state index is 12.6. The summed E-state index contributed by atoms with van der Waals surface area (Å²) in [4.78, 5) is 16.9. The van der Waals surface area contributed by atoms with Crippen LogP contribution in [0.4, 0.5) is 10.5 Å². The summed E-state index contributed by atoms with van der Waals surface area (Å²) in [5.74, 6) is 0. The number of nitrogens with zero attached hydrogens (tertiary/aromatic N) is 2. The number of benzene rings is 1. The quantitative estimate of drug-likeness (QED) is 0.911. The summed E-state index contributed by atoms with van der Waals surface area (Å²) in [6, 6.07) is 8.66. The molecule has 5 heteroatoms. The van der Waals surface area contributed by atoms with Crippen LogP contribution in [0.3, 0.4) is 0 Å². The molecule has 0 saturated carbocycles. The minimum atomic E-state index is 0.0247. The Hall–Kier alpha value is -1.75. The van der Waals surface area contributed by atoms with E-state index in [2.05, 4.69) is 41.4 Å². The second kappa shape index (κ2) is 9.09. The first-order valence-electron chi connectivity index (χ1n) is 9.72. The fraction of sp³-hybridized carbons (Fsp3) is 0.650. The summed E-state index contributed by atoms with van der Waals surface area (Å²) in [5, 5.41) is 3.17. The van der Waals surface area contributed by atoms with E-state index in [-0.39, 0.29) is 12.1 Å². The predicted molar refractivity (Wildman–Crippen MR) is 101 cm³/mol. The second-order valence-corrected chi connectivity index (χ2v) is 7.12. The SMILES string of the molecule is CC(NC(=O)N1CCCCCCC1)c1ccc(N2CCOCC2)cc1. The van der Waals surface area contributed by atoms with Gasteiger partial charge in [-0.2, -0.15) is 0 Å². The maximum atomic E-state index is 12.6. The van der Waals surface area contributed by atoms with Crippen LogP contribution in [0, 0.1) is 0 Å². The highest BCUT2D eigenvalue weighted by molar-refractivity contribution is 5.74. The van der Waals surface area contributed by atoms with Gasteiger partial charge in [-0.25, -0.2) is 4.79 Å². The van der Waals surface area contributed by atoms with E-state index in [0.29, 0.717) is 0 Å². The number of rotatable bonds is 3. The highest BCUT2D eigenvalue weighted by Crippen LogP contribution is 2.20. The van der Waals surface area contributed by atoms with E-state index in [1.807, 2.05) is 4.90 Å². The molecule has 138 valence electrons. The normalized spacial score (nSPS) is 20.5. The third-order valence-electron chi connectivity index (χ3n) is 5.25.